The molecular weight excluding hydrogens is 277 g/mol. The van der Waals surface area contributed by atoms with Crippen molar-refractivity contribution in [3.05, 3.63) is 60.2 Å². The van der Waals surface area contributed by atoms with Crippen molar-refractivity contribution in [3.8, 4) is 0 Å². The Morgan fingerprint density at radius 3 is 2.10 bits per heavy atom. The van der Waals surface area contributed by atoms with E-state index in [4.69, 9.17) is 5.73 Å². The SMILES string of the molecule is Nc1ccc(C(C(=O)O)P(=O)(O)c2ccccc2)cc1. The minimum Gasteiger partial charge on any atom is -0.480 e. The fourth-order valence-electron chi connectivity index (χ4n) is 1.96. The molecule has 0 aliphatic heterocycles. The zero-order valence-electron chi connectivity index (χ0n) is 10.5. The fraction of sp³-hybridized carbons (Fsp3) is 0.0714. The van der Waals surface area contributed by atoms with E-state index in [9.17, 15) is 19.4 Å². The van der Waals surface area contributed by atoms with E-state index in [0.717, 1.165) is 0 Å². The van der Waals surface area contributed by atoms with Crippen molar-refractivity contribution in [3.63, 3.8) is 0 Å². The Morgan fingerprint density at radius 1 is 1.05 bits per heavy atom. The van der Waals surface area contributed by atoms with Crippen LogP contribution in [0.25, 0.3) is 0 Å². The minimum atomic E-state index is -4.09. The summed E-state index contributed by atoms with van der Waals surface area (Å²) in [6.07, 6.45) is 0. The van der Waals surface area contributed by atoms with Crippen molar-refractivity contribution >= 4 is 24.3 Å². The second-order valence-electron chi connectivity index (χ2n) is 4.37. The topological polar surface area (TPSA) is 101 Å². The number of carboxylic acids is 1. The van der Waals surface area contributed by atoms with Gasteiger partial charge in [0.25, 0.3) is 0 Å². The van der Waals surface area contributed by atoms with E-state index in [2.05, 4.69) is 0 Å². The van der Waals surface area contributed by atoms with Crippen molar-refractivity contribution in [1.82, 2.24) is 0 Å². The van der Waals surface area contributed by atoms with Crippen LogP contribution in [0, 0.1) is 0 Å². The molecule has 0 aliphatic rings. The lowest BCUT2D eigenvalue weighted by molar-refractivity contribution is -0.136. The number of carboxylic acid groups (broad SMARTS) is 1. The largest absolute Gasteiger partial charge is 0.480 e. The van der Waals surface area contributed by atoms with Gasteiger partial charge in [0.15, 0.2) is 5.66 Å². The molecule has 20 heavy (non-hydrogen) atoms. The summed E-state index contributed by atoms with van der Waals surface area (Å²) >= 11 is 0. The van der Waals surface area contributed by atoms with Gasteiger partial charge in [0.1, 0.15) is 0 Å². The molecule has 5 nitrogen and oxygen atoms in total. The predicted octanol–water partition coefficient (Wildman–Crippen LogP) is 1.99. The third-order valence-corrected chi connectivity index (χ3v) is 5.22. The summed E-state index contributed by atoms with van der Waals surface area (Å²) in [7, 11) is -4.09. The Labute approximate surface area is 116 Å². The molecule has 0 amide bonds. The number of nitrogens with two attached hydrogens (primary N) is 1. The molecule has 2 rings (SSSR count). The van der Waals surface area contributed by atoms with Crippen LogP contribution < -0.4 is 11.0 Å². The van der Waals surface area contributed by atoms with Crippen LogP contribution in [0.15, 0.2) is 54.6 Å². The molecule has 0 spiro atoms. The van der Waals surface area contributed by atoms with Crippen molar-refractivity contribution < 1.29 is 19.4 Å². The Kier molecular flexibility index (Phi) is 3.93. The summed E-state index contributed by atoms with van der Waals surface area (Å²) in [5.74, 6) is -1.34. The zero-order valence-corrected chi connectivity index (χ0v) is 11.4. The summed E-state index contributed by atoms with van der Waals surface area (Å²) < 4.78 is 12.6. The lowest BCUT2D eigenvalue weighted by Gasteiger charge is -2.20. The fourth-order valence-corrected chi connectivity index (χ4v) is 3.74. The lowest BCUT2D eigenvalue weighted by Crippen LogP contribution is -2.18. The van der Waals surface area contributed by atoms with Gasteiger partial charge in [-0.3, -0.25) is 9.36 Å². The van der Waals surface area contributed by atoms with E-state index < -0.39 is 19.0 Å². The molecule has 0 heterocycles. The van der Waals surface area contributed by atoms with E-state index in [1.807, 2.05) is 0 Å². The van der Waals surface area contributed by atoms with Crippen molar-refractivity contribution in [1.29, 1.82) is 0 Å². The molecule has 2 unspecified atom stereocenters. The third kappa shape index (κ3) is 2.74. The molecule has 4 N–H and O–H groups in total. The Morgan fingerprint density at radius 2 is 1.60 bits per heavy atom. The predicted molar refractivity (Wildman–Crippen MR) is 77.1 cm³/mol. The molecule has 2 atom stereocenters. The highest BCUT2D eigenvalue weighted by Crippen LogP contribution is 2.54. The average molecular weight is 291 g/mol. The van der Waals surface area contributed by atoms with Gasteiger partial charge in [-0.1, -0.05) is 30.3 Å². The normalized spacial score (nSPS) is 15.2. The van der Waals surface area contributed by atoms with E-state index in [1.165, 1.54) is 36.4 Å². The number of aliphatic carboxylic acids is 1. The van der Waals surface area contributed by atoms with Crippen LogP contribution >= 0.6 is 7.37 Å². The van der Waals surface area contributed by atoms with Crippen LogP contribution in [0.1, 0.15) is 11.2 Å². The van der Waals surface area contributed by atoms with Crippen LogP contribution in [0.5, 0.6) is 0 Å². The van der Waals surface area contributed by atoms with Crippen LogP contribution in [-0.4, -0.2) is 16.0 Å². The van der Waals surface area contributed by atoms with Gasteiger partial charge in [0, 0.05) is 11.0 Å². The monoisotopic (exact) mass is 291 g/mol. The van der Waals surface area contributed by atoms with Gasteiger partial charge in [-0.05, 0) is 29.8 Å². The van der Waals surface area contributed by atoms with Crippen molar-refractivity contribution in [2.45, 2.75) is 5.66 Å². The van der Waals surface area contributed by atoms with Gasteiger partial charge < -0.3 is 15.7 Å². The van der Waals surface area contributed by atoms with E-state index in [0.29, 0.717) is 5.69 Å². The molecule has 0 bridgehead atoms. The minimum absolute atomic E-state index is 0.115. The summed E-state index contributed by atoms with van der Waals surface area (Å²) in [5.41, 5.74) is 4.75. The quantitative estimate of drug-likeness (QED) is 0.590. The highest BCUT2D eigenvalue weighted by atomic mass is 31.2. The van der Waals surface area contributed by atoms with Crippen molar-refractivity contribution in [2.75, 3.05) is 5.73 Å². The number of rotatable bonds is 4. The van der Waals surface area contributed by atoms with Crippen LogP contribution in [0.3, 0.4) is 0 Å². The van der Waals surface area contributed by atoms with Gasteiger partial charge in [0.2, 0.25) is 7.37 Å². The maximum Gasteiger partial charge on any atom is 0.321 e. The zero-order chi connectivity index (χ0) is 14.8. The summed E-state index contributed by atoms with van der Waals surface area (Å²) in [6, 6.07) is 13.7. The third-order valence-electron chi connectivity index (χ3n) is 2.96. The smallest absolute Gasteiger partial charge is 0.321 e. The molecule has 0 radical (unpaired) electrons. The first kappa shape index (κ1) is 14.3. The number of anilines is 1. The van der Waals surface area contributed by atoms with Crippen LogP contribution in [-0.2, 0) is 9.36 Å². The molecule has 104 valence electrons. The van der Waals surface area contributed by atoms with Crippen molar-refractivity contribution in [2.24, 2.45) is 0 Å². The summed E-state index contributed by atoms with van der Waals surface area (Å²) in [5, 5.41) is 9.44. The van der Waals surface area contributed by atoms with Crippen LogP contribution in [0.4, 0.5) is 5.69 Å². The molecule has 6 heteroatoms. The molecular formula is C14H14NO4P. The van der Waals surface area contributed by atoms with Crippen LogP contribution in [0.2, 0.25) is 0 Å². The summed E-state index contributed by atoms with van der Waals surface area (Å²) in [4.78, 5) is 21.7. The maximum atomic E-state index is 12.6. The van der Waals surface area contributed by atoms with E-state index in [-0.39, 0.29) is 10.9 Å². The molecule has 2 aromatic carbocycles. The molecule has 0 aromatic heterocycles. The average Bonchev–Trinajstić information content (AvgIpc) is 2.41. The number of nitrogen functional groups attached to an aromatic ring is 1. The second-order valence-corrected chi connectivity index (χ2v) is 6.64. The number of benzene rings is 2. The molecule has 0 saturated carbocycles. The lowest BCUT2D eigenvalue weighted by atomic mass is 10.1. The van der Waals surface area contributed by atoms with Gasteiger partial charge in [-0.25, -0.2) is 0 Å². The molecule has 2 aromatic rings. The first-order valence-electron chi connectivity index (χ1n) is 5.89. The van der Waals surface area contributed by atoms with E-state index >= 15 is 0 Å². The standard InChI is InChI=1S/C14H14NO4P/c15-11-8-6-10(7-9-11)13(14(16)17)20(18,19)12-4-2-1-3-5-12/h1-9,13H,15H2,(H,16,17)(H,18,19). The highest BCUT2D eigenvalue weighted by Gasteiger charge is 2.39. The Bertz CT molecular complexity index is 655. The summed E-state index contributed by atoms with van der Waals surface area (Å²) in [6.45, 7) is 0. The van der Waals surface area contributed by atoms with Gasteiger partial charge in [-0.2, -0.15) is 0 Å². The highest BCUT2D eigenvalue weighted by molar-refractivity contribution is 7.67. The van der Waals surface area contributed by atoms with Gasteiger partial charge in [0.05, 0.1) is 0 Å². The second kappa shape index (κ2) is 5.49. The van der Waals surface area contributed by atoms with E-state index in [1.54, 1.807) is 18.2 Å². The number of hydrogen-bond donors (Lipinski definition) is 3. The molecule has 0 fully saturated rings. The number of hydrogen-bond acceptors (Lipinski definition) is 3. The first-order valence-corrected chi connectivity index (χ1v) is 7.62. The Balaban J connectivity index is 2.51. The first-order chi connectivity index (χ1) is 9.43. The maximum absolute atomic E-state index is 12.6. The Hall–Kier alpha value is -2.10. The van der Waals surface area contributed by atoms with Gasteiger partial charge in [-0.15, -0.1) is 0 Å². The van der Waals surface area contributed by atoms with Gasteiger partial charge >= 0.3 is 5.97 Å². The molecule has 0 aliphatic carbocycles. The molecule has 0 saturated heterocycles. The number of carbonyl (C=O) groups is 1.